The Hall–Kier alpha value is -2.22. The maximum atomic E-state index is 11.2. The number of nitrogens with zero attached hydrogens (tertiary/aromatic N) is 3. The minimum absolute atomic E-state index is 0.188. The van der Waals surface area contributed by atoms with Gasteiger partial charge in [-0.15, -0.1) is 0 Å². The van der Waals surface area contributed by atoms with Crippen LogP contribution in [0.25, 0.3) is 0 Å². The van der Waals surface area contributed by atoms with Crippen LogP contribution in [0, 0.1) is 26.1 Å². The molecule has 2 fully saturated rings. The molecular formula is C12H14N4O4. The van der Waals surface area contributed by atoms with E-state index in [1.54, 1.807) is 0 Å². The van der Waals surface area contributed by atoms with E-state index >= 15 is 0 Å². The van der Waals surface area contributed by atoms with Gasteiger partial charge in [-0.25, -0.2) is 0 Å². The Morgan fingerprint density at radius 1 is 1.20 bits per heavy atom. The second kappa shape index (κ2) is 4.71. The summed E-state index contributed by atoms with van der Waals surface area (Å²) in [6, 6.07) is 4.12. The molecule has 1 N–H and O–H groups in total. The summed E-state index contributed by atoms with van der Waals surface area (Å²) in [5, 5.41) is 25.2. The number of rotatable bonds is 3. The Bertz CT molecular complexity index is 577. The number of nitro groups is 2. The third-order valence-corrected chi connectivity index (χ3v) is 4.12. The first-order chi connectivity index (χ1) is 9.58. The molecule has 3 rings (SSSR count). The van der Waals surface area contributed by atoms with Crippen molar-refractivity contribution < 1.29 is 9.85 Å². The molecule has 8 nitrogen and oxygen atoms in total. The number of fused-ring (bicyclic) bond motifs is 1. The molecule has 20 heavy (non-hydrogen) atoms. The van der Waals surface area contributed by atoms with Gasteiger partial charge in [0.15, 0.2) is 0 Å². The van der Waals surface area contributed by atoms with Crippen molar-refractivity contribution in [3.8, 4) is 0 Å². The van der Waals surface area contributed by atoms with Crippen LogP contribution in [-0.4, -0.2) is 35.5 Å². The minimum Gasteiger partial charge on any atom is -0.361 e. The molecular weight excluding hydrogens is 264 g/mol. The monoisotopic (exact) mass is 278 g/mol. The fraction of sp³-hybridized carbons (Fsp3) is 0.500. The Morgan fingerprint density at radius 3 is 2.70 bits per heavy atom. The van der Waals surface area contributed by atoms with Crippen molar-refractivity contribution >= 4 is 17.1 Å². The van der Waals surface area contributed by atoms with Crippen molar-refractivity contribution in [3.63, 3.8) is 0 Å². The molecule has 8 heteroatoms. The van der Waals surface area contributed by atoms with Crippen LogP contribution in [0.2, 0.25) is 0 Å². The zero-order valence-corrected chi connectivity index (χ0v) is 10.7. The first kappa shape index (κ1) is 12.8. The highest BCUT2D eigenvalue weighted by Gasteiger charge is 2.40. The molecule has 0 aromatic heterocycles. The molecule has 0 bridgehead atoms. The lowest BCUT2D eigenvalue weighted by atomic mass is 10.0. The average molecular weight is 278 g/mol. The second-order valence-electron chi connectivity index (χ2n) is 5.15. The fourth-order valence-corrected chi connectivity index (χ4v) is 3.16. The second-order valence-corrected chi connectivity index (χ2v) is 5.15. The topological polar surface area (TPSA) is 102 Å². The van der Waals surface area contributed by atoms with Gasteiger partial charge in [-0.1, -0.05) is 0 Å². The lowest BCUT2D eigenvalue weighted by Gasteiger charge is -2.25. The molecule has 1 aromatic rings. The number of nitrogens with one attached hydrogen (secondary N) is 1. The molecule has 2 heterocycles. The predicted molar refractivity (Wildman–Crippen MR) is 71.9 cm³/mol. The largest absolute Gasteiger partial charge is 0.361 e. The van der Waals surface area contributed by atoms with Crippen LogP contribution in [0.15, 0.2) is 18.2 Å². The highest BCUT2D eigenvalue weighted by Crippen LogP contribution is 2.38. The van der Waals surface area contributed by atoms with Crippen LogP contribution < -0.4 is 10.2 Å². The summed E-state index contributed by atoms with van der Waals surface area (Å²) >= 11 is 0. The van der Waals surface area contributed by atoms with Crippen molar-refractivity contribution in [2.45, 2.75) is 12.5 Å². The van der Waals surface area contributed by atoms with Gasteiger partial charge < -0.3 is 10.2 Å². The van der Waals surface area contributed by atoms with Crippen LogP contribution in [0.5, 0.6) is 0 Å². The van der Waals surface area contributed by atoms with Gasteiger partial charge in [-0.2, -0.15) is 0 Å². The van der Waals surface area contributed by atoms with Gasteiger partial charge in [0.25, 0.3) is 11.4 Å². The van der Waals surface area contributed by atoms with Crippen molar-refractivity contribution in [2.24, 2.45) is 5.92 Å². The summed E-state index contributed by atoms with van der Waals surface area (Å²) in [5.74, 6) is 0.504. The summed E-state index contributed by atoms with van der Waals surface area (Å²) < 4.78 is 0. The van der Waals surface area contributed by atoms with Gasteiger partial charge in [0, 0.05) is 31.7 Å². The normalized spacial score (nSPS) is 24.7. The van der Waals surface area contributed by atoms with E-state index in [2.05, 4.69) is 5.32 Å². The first-order valence-corrected chi connectivity index (χ1v) is 6.48. The Morgan fingerprint density at radius 2 is 2.00 bits per heavy atom. The lowest BCUT2D eigenvalue weighted by molar-refractivity contribution is -0.393. The molecule has 0 amide bonds. The molecule has 0 saturated carbocycles. The van der Waals surface area contributed by atoms with E-state index in [1.165, 1.54) is 12.1 Å². The van der Waals surface area contributed by atoms with Crippen molar-refractivity contribution in [1.82, 2.24) is 5.32 Å². The van der Waals surface area contributed by atoms with E-state index in [0.717, 1.165) is 32.1 Å². The zero-order valence-electron chi connectivity index (χ0n) is 10.7. The number of hydrogen-bond donors (Lipinski definition) is 1. The van der Waals surface area contributed by atoms with Crippen LogP contribution in [0.1, 0.15) is 6.42 Å². The summed E-state index contributed by atoms with van der Waals surface area (Å²) in [4.78, 5) is 22.8. The smallest absolute Gasteiger partial charge is 0.299 e. The zero-order chi connectivity index (χ0) is 14.3. The van der Waals surface area contributed by atoms with Gasteiger partial charge >= 0.3 is 0 Å². The Kier molecular flexibility index (Phi) is 3.01. The summed E-state index contributed by atoms with van der Waals surface area (Å²) in [6.07, 6.45) is 0.992. The van der Waals surface area contributed by atoms with E-state index in [9.17, 15) is 20.2 Å². The van der Waals surface area contributed by atoms with E-state index in [0.29, 0.717) is 11.6 Å². The standard InChI is InChI=1S/C12H14N4O4/c17-15(18)9-1-2-10(11(5-9)16(19)20)14-4-3-8-6-13-7-12(8)14/h1-2,5,8,12-13H,3-4,6-7H2/t8-,12+/m0/s1. The van der Waals surface area contributed by atoms with Gasteiger partial charge in [-0.05, 0) is 18.4 Å². The van der Waals surface area contributed by atoms with Crippen LogP contribution >= 0.6 is 0 Å². The molecule has 0 radical (unpaired) electrons. The molecule has 0 aliphatic carbocycles. The van der Waals surface area contributed by atoms with Crippen LogP contribution in [0.4, 0.5) is 17.1 Å². The third kappa shape index (κ3) is 1.97. The van der Waals surface area contributed by atoms with E-state index in [4.69, 9.17) is 0 Å². The van der Waals surface area contributed by atoms with E-state index < -0.39 is 9.85 Å². The Labute approximate surface area is 114 Å². The molecule has 106 valence electrons. The highest BCUT2D eigenvalue weighted by atomic mass is 16.6. The minimum atomic E-state index is -0.610. The van der Waals surface area contributed by atoms with Crippen molar-refractivity contribution in [1.29, 1.82) is 0 Å². The van der Waals surface area contributed by atoms with E-state index in [-0.39, 0.29) is 17.4 Å². The summed E-state index contributed by atoms with van der Waals surface area (Å²) in [5.41, 5.74) is 0.0456. The highest BCUT2D eigenvalue weighted by molar-refractivity contribution is 5.68. The number of nitro benzene ring substituents is 2. The molecule has 0 unspecified atom stereocenters. The average Bonchev–Trinajstić information content (AvgIpc) is 3.00. The number of benzene rings is 1. The van der Waals surface area contributed by atoms with Crippen molar-refractivity contribution in [3.05, 3.63) is 38.4 Å². The maximum absolute atomic E-state index is 11.2. The van der Waals surface area contributed by atoms with Gasteiger partial charge in [-0.3, -0.25) is 20.2 Å². The molecule has 2 aliphatic heterocycles. The number of anilines is 1. The summed E-state index contributed by atoms with van der Waals surface area (Å²) in [7, 11) is 0. The summed E-state index contributed by atoms with van der Waals surface area (Å²) in [6.45, 7) is 2.50. The first-order valence-electron chi connectivity index (χ1n) is 6.48. The van der Waals surface area contributed by atoms with Crippen LogP contribution in [0.3, 0.4) is 0 Å². The van der Waals surface area contributed by atoms with Gasteiger partial charge in [0.05, 0.1) is 15.9 Å². The van der Waals surface area contributed by atoms with Gasteiger partial charge in [0.1, 0.15) is 5.69 Å². The van der Waals surface area contributed by atoms with Gasteiger partial charge in [0.2, 0.25) is 0 Å². The molecule has 2 saturated heterocycles. The molecule has 0 spiro atoms. The Balaban J connectivity index is 2.00. The maximum Gasteiger partial charge on any atom is 0.299 e. The molecule has 2 atom stereocenters. The molecule has 1 aromatic carbocycles. The number of non-ortho nitro benzene ring substituents is 1. The quantitative estimate of drug-likeness (QED) is 0.660. The van der Waals surface area contributed by atoms with E-state index in [1.807, 2.05) is 4.90 Å². The van der Waals surface area contributed by atoms with Crippen molar-refractivity contribution in [2.75, 3.05) is 24.5 Å². The van der Waals surface area contributed by atoms with Crippen LogP contribution in [-0.2, 0) is 0 Å². The third-order valence-electron chi connectivity index (χ3n) is 4.12. The molecule has 2 aliphatic rings. The lowest BCUT2D eigenvalue weighted by Crippen LogP contribution is -2.34. The number of hydrogen-bond acceptors (Lipinski definition) is 6. The fourth-order valence-electron chi connectivity index (χ4n) is 3.16. The predicted octanol–water partition coefficient (Wildman–Crippen LogP) is 1.30. The SMILES string of the molecule is O=[N+]([O-])c1ccc(N2CC[C@H]3CNC[C@H]32)c([N+](=O)[O-])c1.